The fraction of sp³-hybridized carbons (Fsp3) is 0.500. The van der Waals surface area contributed by atoms with E-state index in [1.807, 2.05) is 12.2 Å². The van der Waals surface area contributed by atoms with Crippen LogP contribution in [0.15, 0.2) is 42.8 Å². The van der Waals surface area contributed by atoms with Crippen LogP contribution in [-0.4, -0.2) is 36.1 Å². The van der Waals surface area contributed by atoms with Crippen LogP contribution in [0.5, 0.6) is 0 Å². The molecule has 2 aliphatic rings. The van der Waals surface area contributed by atoms with Gasteiger partial charge < -0.3 is 10.2 Å². The average molecular weight is 326 g/mol. The lowest BCUT2D eigenvalue weighted by Crippen LogP contribution is -2.44. The van der Waals surface area contributed by atoms with Crippen LogP contribution < -0.4 is 10.2 Å². The summed E-state index contributed by atoms with van der Waals surface area (Å²) in [4.78, 5) is 11.6. The number of fused-ring (bicyclic) bond motifs is 1. The summed E-state index contributed by atoms with van der Waals surface area (Å²) in [6.07, 6.45) is 13.3. The van der Waals surface area contributed by atoms with Gasteiger partial charge in [0.2, 0.25) is 0 Å². The molecule has 0 saturated carbocycles. The monoisotopic (exact) mass is 326 g/mol. The van der Waals surface area contributed by atoms with E-state index in [-0.39, 0.29) is 7.43 Å². The van der Waals surface area contributed by atoms with Crippen LogP contribution in [0.1, 0.15) is 32.0 Å². The Morgan fingerprint density at radius 2 is 2.12 bits per heavy atom. The predicted molar refractivity (Wildman–Crippen MR) is 102 cm³/mol. The molecule has 1 aromatic rings. The van der Waals surface area contributed by atoms with Gasteiger partial charge >= 0.3 is 0 Å². The molecule has 0 amide bonds. The quantitative estimate of drug-likeness (QED) is 0.862. The van der Waals surface area contributed by atoms with E-state index in [0.717, 1.165) is 39.0 Å². The van der Waals surface area contributed by atoms with Gasteiger partial charge in [-0.1, -0.05) is 38.3 Å². The first-order valence-corrected chi connectivity index (χ1v) is 8.57. The molecule has 4 nitrogen and oxygen atoms in total. The first-order chi connectivity index (χ1) is 11.3. The molecular weight excluding hydrogens is 296 g/mol. The van der Waals surface area contributed by atoms with Crippen LogP contribution in [0, 0.1) is 5.92 Å². The molecule has 1 atom stereocenters. The van der Waals surface area contributed by atoms with Gasteiger partial charge in [0.15, 0.2) is 0 Å². The van der Waals surface area contributed by atoms with Crippen molar-refractivity contribution in [2.75, 3.05) is 31.1 Å². The second-order valence-corrected chi connectivity index (χ2v) is 6.18. The minimum atomic E-state index is 0. The molecule has 1 aliphatic heterocycles. The first-order valence-electron chi connectivity index (χ1n) is 8.57. The Morgan fingerprint density at radius 3 is 2.83 bits per heavy atom. The van der Waals surface area contributed by atoms with Crippen LogP contribution >= 0.6 is 0 Å². The highest BCUT2D eigenvalue weighted by molar-refractivity contribution is 5.50. The first kappa shape index (κ1) is 18.4. The highest BCUT2D eigenvalue weighted by Gasteiger charge is 2.26. The maximum Gasteiger partial charge on any atom is 0.135 e. The smallest absolute Gasteiger partial charge is 0.135 e. The highest BCUT2D eigenvalue weighted by atomic mass is 15.2. The van der Waals surface area contributed by atoms with Gasteiger partial charge in [0.1, 0.15) is 12.1 Å². The third-order valence-electron chi connectivity index (χ3n) is 4.84. The fourth-order valence-corrected chi connectivity index (χ4v) is 3.60. The molecule has 1 unspecified atom stereocenters. The summed E-state index contributed by atoms with van der Waals surface area (Å²) in [5, 5.41) is 3.41. The van der Waals surface area contributed by atoms with Crippen molar-refractivity contribution < 1.29 is 0 Å². The molecule has 1 aliphatic carbocycles. The zero-order valence-corrected chi connectivity index (χ0v) is 14.0. The lowest BCUT2D eigenvalue weighted by molar-refractivity contribution is 0.516. The van der Waals surface area contributed by atoms with Gasteiger partial charge in [0, 0.05) is 37.4 Å². The highest BCUT2D eigenvalue weighted by Crippen LogP contribution is 2.33. The normalized spacial score (nSPS) is 21.3. The summed E-state index contributed by atoms with van der Waals surface area (Å²) in [5.41, 5.74) is 3.99. The summed E-state index contributed by atoms with van der Waals surface area (Å²) in [6, 6.07) is 0. The minimum absolute atomic E-state index is 0. The van der Waals surface area contributed by atoms with Gasteiger partial charge in [-0.2, -0.15) is 0 Å². The Bertz CT molecular complexity index is 612. The largest absolute Gasteiger partial charge is 0.354 e. The van der Waals surface area contributed by atoms with E-state index in [2.05, 4.69) is 45.8 Å². The van der Waals surface area contributed by atoms with Crippen molar-refractivity contribution in [3.63, 3.8) is 0 Å². The van der Waals surface area contributed by atoms with E-state index in [1.54, 1.807) is 6.33 Å². The lowest BCUT2D eigenvalue weighted by atomic mass is 9.82. The number of hydrogen-bond donors (Lipinski definition) is 1. The Kier molecular flexibility index (Phi) is 6.73. The fourth-order valence-electron chi connectivity index (χ4n) is 3.60. The number of anilines is 1. The van der Waals surface area contributed by atoms with Crippen molar-refractivity contribution in [1.29, 1.82) is 0 Å². The number of nitrogens with one attached hydrogen (secondary N) is 1. The molecule has 0 aromatic carbocycles. The Labute approximate surface area is 146 Å². The summed E-state index contributed by atoms with van der Waals surface area (Å²) in [5.74, 6) is 1.72. The van der Waals surface area contributed by atoms with Gasteiger partial charge in [-0.05, 0) is 37.7 Å². The topological polar surface area (TPSA) is 41.1 Å². The third kappa shape index (κ3) is 3.93. The van der Waals surface area contributed by atoms with Crippen molar-refractivity contribution in [1.82, 2.24) is 15.3 Å². The molecule has 3 rings (SSSR count). The van der Waals surface area contributed by atoms with Gasteiger partial charge in [-0.15, -0.1) is 0 Å². The van der Waals surface area contributed by atoms with E-state index >= 15 is 0 Å². The maximum absolute atomic E-state index is 4.60. The number of allylic oxidation sites excluding steroid dienone is 5. The maximum atomic E-state index is 4.60. The summed E-state index contributed by atoms with van der Waals surface area (Å²) in [6.45, 7) is 10.0. The summed E-state index contributed by atoms with van der Waals surface area (Å²) < 4.78 is 0. The molecule has 1 saturated heterocycles. The zero-order chi connectivity index (χ0) is 16.1. The standard InChI is InChI=1S/C19H26N4.CH4/c1-3-5-6-15(4-2)16-7-8-17-18(13-16)21-14-22-19(17)23-11-9-20-10-12-23;/h3-6,14,16,20H,1,7-13H2,2H3;1H4/b6-5-,15-4+;. The molecule has 24 heavy (non-hydrogen) atoms. The molecule has 1 N–H and O–H groups in total. The van der Waals surface area contributed by atoms with Crippen molar-refractivity contribution in [3.05, 3.63) is 54.0 Å². The van der Waals surface area contributed by atoms with E-state index in [1.165, 1.54) is 29.1 Å². The summed E-state index contributed by atoms with van der Waals surface area (Å²) >= 11 is 0. The van der Waals surface area contributed by atoms with Crippen molar-refractivity contribution >= 4 is 5.82 Å². The molecular formula is C20H30N4. The van der Waals surface area contributed by atoms with E-state index < -0.39 is 0 Å². The van der Waals surface area contributed by atoms with E-state index in [9.17, 15) is 0 Å². The van der Waals surface area contributed by atoms with Gasteiger partial charge in [0.05, 0.1) is 0 Å². The van der Waals surface area contributed by atoms with Crippen LogP contribution in [0.4, 0.5) is 5.82 Å². The Balaban J connectivity index is 0.00000208. The van der Waals surface area contributed by atoms with Crippen LogP contribution in [0.3, 0.4) is 0 Å². The second kappa shape index (κ2) is 8.78. The Hall–Kier alpha value is -1.94. The van der Waals surface area contributed by atoms with Crippen molar-refractivity contribution in [2.45, 2.75) is 33.6 Å². The Morgan fingerprint density at radius 1 is 1.33 bits per heavy atom. The molecule has 130 valence electrons. The van der Waals surface area contributed by atoms with Crippen LogP contribution in [-0.2, 0) is 12.8 Å². The van der Waals surface area contributed by atoms with Crippen LogP contribution in [0.2, 0.25) is 0 Å². The van der Waals surface area contributed by atoms with Crippen LogP contribution in [0.25, 0.3) is 0 Å². The van der Waals surface area contributed by atoms with E-state index in [4.69, 9.17) is 0 Å². The van der Waals surface area contributed by atoms with Gasteiger partial charge in [0.25, 0.3) is 0 Å². The number of aromatic nitrogens is 2. The number of piperazine rings is 1. The third-order valence-corrected chi connectivity index (χ3v) is 4.84. The molecule has 0 spiro atoms. The van der Waals surface area contributed by atoms with Gasteiger partial charge in [-0.25, -0.2) is 9.97 Å². The number of rotatable bonds is 4. The molecule has 1 fully saturated rings. The SMILES string of the molecule is C.C=C/C=C\C(=C/C)C1CCc2c(ncnc2N2CCNCC2)C1. The molecule has 2 heterocycles. The number of hydrogen-bond acceptors (Lipinski definition) is 4. The molecule has 0 bridgehead atoms. The molecule has 0 radical (unpaired) electrons. The van der Waals surface area contributed by atoms with Gasteiger partial charge in [-0.3, -0.25) is 0 Å². The van der Waals surface area contributed by atoms with Crippen molar-refractivity contribution in [3.8, 4) is 0 Å². The predicted octanol–water partition coefficient (Wildman–Crippen LogP) is 3.32. The number of nitrogens with zero attached hydrogens (tertiary/aromatic N) is 3. The van der Waals surface area contributed by atoms with E-state index in [0.29, 0.717) is 5.92 Å². The average Bonchev–Trinajstić information content (AvgIpc) is 2.62. The molecule has 1 aromatic heterocycles. The lowest BCUT2D eigenvalue weighted by Gasteiger charge is -2.33. The molecule has 4 heteroatoms. The zero-order valence-electron chi connectivity index (χ0n) is 14.0. The minimum Gasteiger partial charge on any atom is -0.354 e. The summed E-state index contributed by atoms with van der Waals surface area (Å²) in [7, 11) is 0. The van der Waals surface area contributed by atoms with Crippen molar-refractivity contribution in [2.24, 2.45) is 5.92 Å². The second-order valence-electron chi connectivity index (χ2n) is 6.18.